The molecular weight excluding hydrogens is 396 g/mol. The van der Waals surface area contributed by atoms with Gasteiger partial charge in [0.05, 0.1) is 12.7 Å². The Hall–Kier alpha value is -1.54. The topological polar surface area (TPSA) is 46.2 Å². The highest BCUT2D eigenvalue weighted by Gasteiger charge is 2.57. The van der Waals surface area contributed by atoms with Gasteiger partial charge in [-0.2, -0.15) is 0 Å². The molecule has 2 fully saturated rings. The molecule has 30 heavy (non-hydrogen) atoms. The van der Waals surface area contributed by atoms with E-state index in [1.807, 2.05) is 50.2 Å². The first-order chi connectivity index (χ1) is 14.2. The molecule has 2 heterocycles. The van der Waals surface area contributed by atoms with Crippen LogP contribution < -0.4 is 0 Å². The van der Waals surface area contributed by atoms with Crippen LogP contribution in [0, 0.1) is 0 Å². The van der Waals surface area contributed by atoms with Crippen molar-refractivity contribution in [2.45, 2.75) is 76.6 Å². The van der Waals surface area contributed by atoms with Crippen molar-refractivity contribution in [2.24, 2.45) is 0 Å². The van der Waals surface area contributed by atoms with E-state index >= 15 is 0 Å². The van der Waals surface area contributed by atoms with Crippen molar-refractivity contribution in [3.05, 3.63) is 71.8 Å². The van der Waals surface area contributed by atoms with Gasteiger partial charge in [-0.15, -0.1) is 0 Å². The van der Waals surface area contributed by atoms with Gasteiger partial charge in [0.2, 0.25) is 0 Å². The van der Waals surface area contributed by atoms with Crippen molar-refractivity contribution in [2.75, 3.05) is 0 Å². The highest BCUT2D eigenvalue weighted by Crippen LogP contribution is 2.44. The number of benzene rings is 2. The summed E-state index contributed by atoms with van der Waals surface area (Å²) in [7, 11) is -1.87. The molecule has 0 aliphatic carbocycles. The van der Waals surface area contributed by atoms with Crippen LogP contribution in [0.15, 0.2) is 60.7 Å². The first kappa shape index (κ1) is 21.7. The molecule has 0 N–H and O–H groups in total. The van der Waals surface area contributed by atoms with E-state index in [0.29, 0.717) is 6.61 Å². The minimum Gasteiger partial charge on any atom is -0.408 e. The highest BCUT2D eigenvalue weighted by atomic mass is 28.4. The first-order valence-electron chi connectivity index (χ1n) is 10.6. The van der Waals surface area contributed by atoms with Gasteiger partial charge in [-0.3, -0.25) is 0 Å². The second kappa shape index (κ2) is 8.53. The smallest absolute Gasteiger partial charge is 0.190 e. The second-order valence-electron chi connectivity index (χ2n) is 9.39. The van der Waals surface area contributed by atoms with Gasteiger partial charge in [0, 0.05) is 0 Å². The maximum atomic E-state index is 6.63. The number of hydrogen-bond donors (Lipinski definition) is 0. The average molecular weight is 429 g/mol. The van der Waals surface area contributed by atoms with Crippen LogP contribution in [0.25, 0.3) is 0 Å². The van der Waals surface area contributed by atoms with Crippen LogP contribution in [0.2, 0.25) is 19.6 Å². The summed E-state index contributed by atoms with van der Waals surface area (Å²) in [5, 5.41) is 0. The summed E-state index contributed by atoms with van der Waals surface area (Å²) < 4.78 is 31.7. The lowest BCUT2D eigenvalue weighted by atomic mass is 9.99. The fraction of sp³-hybridized carbons (Fsp3) is 0.500. The minimum atomic E-state index is -1.87. The van der Waals surface area contributed by atoms with Gasteiger partial charge < -0.3 is 23.4 Å². The molecule has 0 spiro atoms. The fourth-order valence-corrected chi connectivity index (χ4v) is 5.08. The lowest BCUT2D eigenvalue weighted by Crippen LogP contribution is -2.43. The third-order valence-corrected chi connectivity index (χ3v) is 6.18. The molecule has 0 bridgehead atoms. The average Bonchev–Trinajstić information content (AvgIpc) is 3.17. The SMILES string of the molecule is CC1(C)O[C@H]2O[C@H]([C@@H](O[Si](C)(C)C)c3ccccc3)[C@H](OCc3ccccc3)[C@H]2O1. The van der Waals surface area contributed by atoms with E-state index in [1.54, 1.807) is 0 Å². The van der Waals surface area contributed by atoms with Gasteiger partial charge in [0.15, 0.2) is 20.4 Å². The van der Waals surface area contributed by atoms with E-state index in [9.17, 15) is 0 Å². The normalized spacial score (nSPS) is 29.0. The van der Waals surface area contributed by atoms with E-state index in [4.69, 9.17) is 23.4 Å². The Morgan fingerprint density at radius 2 is 1.57 bits per heavy atom. The lowest BCUT2D eigenvalue weighted by Gasteiger charge is -2.35. The molecular formula is C24H32O5Si. The Morgan fingerprint density at radius 1 is 0.933 bits per heavy atom. The van der Waals surface area contributed by atoms with Crippen LogP contribution in [-0.2, 0) is 30.0 Å². The summed E-state index contributed by atoms with van der Waals surface area (Å²) in [6.07, 6.45) is -1.65. The molecule has 0 aromatic heterocycles. The number of hydrogen-bond acceptors (Lipinski definition) is 5. The first-order valence-corrected chi connectivity index (χ1v) is 14.0. The summed E-state index contributed by atoms with van der Waals surface area (Å²) in [6, 6.07) is 20.4. The molecule has 2 aromatic carbocycles. The van der Waals surface area contributed by atoms with Gasteiger partial charge in [-0.1, -0.05) is 60.7 Å². The quantitative estimate of drug-likeness (QED) is 0.578. The van der Waals surface area contributed by atoms with E-state index < -0.39 is 20.4 Å². The summed E-state index contributed by atoms with van der Waals surface area (Å²) in [6.45, 7) is 10.9. The van der Waals surface area contributed by atoms with E-state index in [1.165, 1.54) is 0 Å². The van der Waals surface area contributed by atoms with Gasteiger partial charge in [0.1, 0.15) is 18.3 Å². The lowest BCUT2D eigenvalue weighted by molar-refractivity contribution is -0.229. The molecule has 0 unspecified atom stereocenters. The second-order valence-corrected chi connectivity index (χ2v) is 13.9. The van der Waals surface area contributed by atoms with Gasteiger partial charge in [-0.05, 0) is 44.6 Å². The summed E-state index contributed by atoms with van der Waals surface area (Å²) in [5.41, 5.74) is 2.19. The van der Waals surface area contributed by atoms with Gasteiger partial charge >= 0.3 is 0 Å². The minimum absolute atomic E-state index is 0.250. The molecule has 5 atom stereocenters. The van der Waals surface area contributed by atoms with Crippen molar-refractivity contribution in [3.63, 3.8) is 0 Å². The summed E-state index contributed by atoms with van der Waals surface area (Å²) in [4.78, 5) is 0. The molecule has 2 aliphatic heterocycles. The molecule has 162 valence electrons. The Kier molecular flexibility index (Phi) is 6.17. The van der Waals surface area contributed by atoms with E-state index in [0.717, 1.165) is 11.1 Å². The van der Waals surface area contributed by atoms with E-state index in [-0.39, 0.29) is 24.4 Å². The molecule has 0 radical (unpaired) electrons. The van der Waals surface area contributed by atoms with Crippen molar-refractivity contribution in [1.82, 2.24) is 0 Å². The third kappa shape index (κ3) is 5.02. The van der Waals surface area contributed by atoms with Crippen molar-refractivity contribution < 1.29 is 23.4 Å². The standard InChI is InChI=1S/C24H32O5Si/c1-24(2)27-22-20(25-16-17-12-8-6-9-13-17)21(26-23(22)28-24)19(29-30(3,4)5)18-14-10-7-11-15-18/h6-15,19-23H,16H2,1-5H3/t19-,20-,21+,22+,23+/m0/s1. The zero-order valence-corrected chi connectivity index (χ0v) is 19.4. The molecule has 6 heteroatoms. The van der Waals surface area contributed by atoms with Crippen molar-refractivity contribution in [3.8, 4) is 0 Å². The number of ether oxygens (including phenoxy) is 4. The molecule has 0 amide bonds. The van der Waals surface area contributed by atoms with Crippen LogP contribution in [0.3, 0.4) is 0 Å². The molecule has 0 saturated carbocycles. The Labute approximate surface area is 180 Å². The fourth-order valence-electron chi connectivity index (χ4n) is 4.05. The molecule has 4 rings (SSSR count). The highest BCUT2D eigenvalue weighted by molar-refractivity contribution is 6.69. The Morgan fingerprint density at radius 3 is 2.20 bits per heavy atom. The summed E-state index contributed by atoms with van der Waals surface area (Å²) >= 11 is 0. The van der Waals surface area contributed by atoms with Gasteiger partial charge in [0.25, 0.3) is 0 Å². The van der Waals surface area contributed by atoms with Crippen LogP contribution in [0.5, 0.6) is 0 Å². The molecule has 2 aliphatic rings. The number of fused-ring (bicyclic) bond motifs is 1. The zero-order chi connectivity index (χ0) is 21.4. The Balaban J connectivity index is 1.62. The zero-order valence-electron chi connectivity index (χ0n) is 18.4. The number of rotatable bonds is 7. The van der Waals surface area contributed by atoms with Crippen molar-refractivity contribution >= 4 is 8.32 Å². The monoisotopic (exact) mass is 428 g/mol. The molecule has 2 saturated heterocycles. The van der Waals surface area contributed by atoms with Gasteiger partial charge in [-0.25, -0.2) is 0 Å². The van der Waals surface area contributed by atoms with Crippen LogP contribution in [0.4, 0.5) is 0 Å². The Bertz CT molecular complexity index is 820. The van der Waals surface area contributed by atoms with Crippen LogP contribution in [-0.4, -0.2) is 38.7 Å². The maximum absolute atomic E-state index is 6.63. The maximum Gasteiger partial charge on any atom is 0.190 e. The summed E-state index contributed by atoms with van der Waals surface area (Å²) in [5.74, 6) is -0.698. The van der Waals surface area contributed by atoms with E-state index in [2.05, 4.69) is 43.9 Å². The van der Waals surface area contributed by atoms with Crippen LogP contribution in [0.1, 0.15) is 31.1 Å². The predicted molar refractivity (Wildman–Crippen MR) is 117 cm³/mol. The molecule has 2 aromatic rings. The van der Waals surface area contributed by atoms with Crippen LogP contribution >= 0.6 is 0 Å². The predicted octanol–water partition coefficient (Wildman–Crippen LogP) is 5.04. The largest absolute Gasteiger partial charge is 0.408 e. The third-order valence-electron chi connectivity index (χ3n) is 5.22. The van der Waals surface area contributed by atoms with Crippen molar-refractivity contribution in [1.29, 1.82) is 0 Å². The molecule has 5 nitrogen and oxygen atoms in total.